The normalized spacial score (nSPS) is 19.9. The lowest BCUT2D eigenvalue weighted by Gasteiger charge is -2.33. The molecule has 0 saturated carbocycles. The Kier molecular flexibility index (Phi) is 5.01. The zero-order valence-electron chi connectivity index (χ0n) is 11.8. The molecule has 1 atom stereocenters. The van der Waals surface area contributed by atoms with Crippen molar-refractivity contribution in [2.24, 2.45) is 5.92 Å². The van der Waals surface area contributed by atoms with Gasteiger partial charge in [-0.05, 0) is 41.3 Å². The first-order chi connectivity index (χ1) is 9.82. The van der Waals surface area contributed by atoms with E-state index in [2.05, 4.69) is 15.9 Å². The van der Waals surface area contributed by atoms with Crippen LogP contribution in [0.1, 0.15) is 36.7 Å². The van der Waals surface area contributed by atoms with Gasteiger partial charge in [-0.3, -0.25) is 4.79 Å². The topological polar surface area (TPSA) is 25.2 Å². The van der Waals surface area contributed by atoms with Crippen LogP contribution in [-0.2, 0) is 6.54 Å². The number of carbonyl (C=O) groups is 1. The van der Waals surface area contributed by atoms with Crippen LogP contribution in [0.25, 0.3) is 0 Å². The minimum atomic E-state index is -4.23. The van der Waals surface area contributed by atoms with Crippen molar-refractivity contribution in [2.75, 3.05) is 13.1 Å². The number of likely N-dealkylation sites (tertiary alicyclic amines) is 1. The Bertz CT molecular complexity index is 513. The first kappa shape index (κ1) is 16.4. The van der Waals surface area contributed by atoms with E-state index in [4.69, 9.17) is 0 Å². The maximum atomic E-state index is 12.8. The van der Waals surface area contributed by atoms with Crippen LogP contribution in [-0.4, -0.2) is 34.6 Å². The molecule has 7 heteroatoms. The number of piperidine rings is 1. The van der Waals surface area contributed by atoms with Gasteiger partial charge in [0, 0.05) is 30.3 Å². The van der Waals surface area contributed by atoms with Crippen molar-refractivity contribution in [3.8, 4) is 0 Å². The predicted molar refractivity (Wildman–Crippen MR) is 77.1 cm³/mol. The molecule has 0 bridgehead atoms. The van der Waals surface area contributed by atoms with Crippen LogP contribution in [0.3, 0.4) is 0 Å². The summed E-state index contributed by atoms with van der Waals surface area (Å²) < 4.78 is 41.1. The van der Waals surface area contributed by atoms with Crippen LogP contribution in [0.5, 0.6) is 0 Å². The summed E-state index contributed by atoms with van der Waals surface area (Å²) in [7, 11) is 0. The molecule has 0 N–H and O–H groups in total. The van der Waals surface area contributed by atoms with Crippen molar-refractivity contribution in [3.63, 3.8) is 0 Å². The molecule has 0 aliphatic carbocycles. The Morgan fingerprint density at radius 3 is 2.81 bits per heavy atom. The average Bonchev–Trinajstić information content (AvgIpc) is 2.78. The summed E-state index contributed by atoms with van der Waals surface area (Å²) in [5, 5.41) is 0. The molecular formula is C14H18BrF3N2O. The van der Waals surface area contributed by atoms with E-state index in [9.17, 15) is 18.0 Å². The lowest BCUT2D eigenvalue weighted by molar-refractivity contribution is -0.184. The number of alkyl halides is 3. The lowest BCUT2D eigenvalue weighted by Crippen LogP contribution is -2.45. The zero-order chi connectivity index (χ0) is 15.6. The van der Waals surface area contributed by atoms with Gasteiger partial charge in [-0.2, -0.15) is 13.2 Å². The van der Waals surface area contributed by atoms with Gasteiger partial charge in [0.05, 0.1) is 5.92 Å². The van der Waals surface area contributed by atoms with E-state index in [0.717, 1.165) is 10.9 Å². The van der Waals surface area contributed by atoms with Crippen LogP contribution in [0.4, 0.5) is 13.2 Å². The first-order valence-corrected chi connectivity index (χ1v) is 7.84. The van der Waals surface area contributed by atoms with Gasteiger partial charge in [-0.15, -0.1) is 0 Å². The number of aryl methyl sites for hydroxylation is 1. The fourth-order valence-corrected chi connectivity index (χ4v) is 3.13. The highest BCUT2D eigenvalue weighted by molar-refractivity contribution is 9.10. The van der Waals surface area contributed by atoms with Gasteiger partial charge in [-0.25, -0.2) is 0 Å². The number of amides is 1. The summed E-state index contributed by atoms with van der Waals surface area (Å²) in [5.41, 5.74) is 0.451. The molecule has 1 fully saturated rings. The monoisotopic (exact) mass is 366 g/mol. The first-order valence-electron chi connectivity index (χ1n) is 7.04. The molecule has 1 unspecified atom stereocenters. The predicted octanol–water partition coefficient (Wildman–Crippen LogP) is 4.08. The minimum absolute atomic E-state index is 0.104. The van der Waals surface area contributed by atoms with E-state index in [0.29, 0.717) is 25.2 Å². The van der Waals surface area contributed by atoms with Crippen LogP contribution in [0, 0.1) is 5.92 Å². The van der Waals surface area contributed by atoms with Crippen molar-refractivity contribution in [1.82, 2.24) is 9.47 Å². The average molecular weight is 367 g/mol. The second-order valence-corrected chi connectivity index (χ2v) is 6.28. The molecule has 3 nitrogen and oxygen atoms in total. The van der Waals surface area contributed by atoms with E-state index in [-0.39, 0.29) is 18.9 Å². The van der Waals surface area contributed by atoms with E-state index in [1.165, 1.54) is 4.90 Å². The summed E-state index contributed by atoms with van der Waals surface area (Å²) >= 11 is 3.32. The van der Waals surface area contributed by atoms with E-state index in [1.807, 2.05) is 6.92 Å². The minimum Gasteiger partial charge on any atom is -0.342 e. The molecular weight excluding hydrogens is 349 g/mol. The quantitative estimate of drug-likeness (QED) is 0.791. The van der Waals surface area contributed by atoms with E-state index >= 15 is 0 Å². The molecule has 1 aliphatic heterocycles. The molecule has 21 heavy (non-hydrogen) atoms. The van der Waals surface area contributed by atoms with E-state index < -0.39 is 12.1 Å². The van der Waals surface area contributed by atoms with Gasteiger partial charge < -0.3 is 9.47 Å². The molecule has 1 aromatic heterocycles. The fourth-order valence-electron chi connectivity index (χ4n) is 2.67. The van der Waals surface area contributed by atoms with E-state index in [1.54, 1.807) is 16.8 Å². The van der Waals surface area contributed by atoms with Gasteiger partial charge in [0.2, 0.25) is 0 Å². The molecule has 1 aliphatic rings. The van der Waals surface area contributed by atoms with Crippen LogP contribution in [0.2, 0.25) is 0 Å². The second-order valence-electron chi connectivity index (χ2n) is 5.37. The lowest BCUT2D eigenvalue weighted by atomic mass is 9.97. The largest absolute Gasteiger partial charge is 0.393 e. The van der Waals surface area contributed by atoms with Gasteiger partial charge in [0.25, 0.3) is 5.91 Å². The van der Waals surface area contributed by atoms with Crippen molar-refractivity contribution in [1.29, 1.82) is 0 Å². The number of halogens is 4. The third-order valence-corrected chi connectivity index (χ3v) is 4.15. The summed E-state index contributed by atoms with van der Waals surface area (Å²) in [6.07, 6.45) is -1.09. The number of aromatic nitrogens is 1. The summed E-state index contributed by atoms with van der Waals surface area (Å²) in [4.78, 5) is 13.8. The Morgan fingerprint density at radius 1 is 1.48 bits per heavy atom. The SMILES string of the molecule is CCCn1cc(Br)cc1C(=O)N1CCCC(C(F)(F)F)C1. The molecule has 2 heterocycles. The standard InChI is InChI=1S/C14H18BrF3N2O/c1-2-5-19-9-11(15)7-12(19)13(21)20-6-3-4-10(8-20)14(16,17)18/h7,9-10H,2-6,8H2,1H3. The zero-order valence-corrected chi connectivity index (χ0v) is 13.4. The molecule has 1 amide bonds. The molecule has 0 spiro atoms. The molecule has 0 radical (unpaired) electrons. The van der Waals surface area contributed by atoms with Crippen LogP contribution >= 0.6 is 15.9 Å². The maximum Gasteiger partial charge on any atom is 0.393 e. The summed E-state index contributed by atoms with van der Waals surface area (Å²) in [5.74, 6) is -1.73. The molecule has 1 aromatic rings. The van der Waals surface area contributed by atoms with Crippen molar-refractivity contribution >= 4 is 21.8 Å². The Morgan fingerprint density at radius 2 is 2.19 bits per heavy atom. The summed E-state index contributed by atoms with van der Waals surface area (Å²) in [6.45, 7) is 2.81. The second kappa shape index (κ2) is 6.42. The third-order valence-electron chi connectivity index (χ3n) is 3.72. The number of hydrogen-bond acceptors (Lipinski definition) is 1. The van der Waals surface area contributed by atoms with Gasteiger partial charge in [0.15, 0.2) is 0 Å². The highest BCUT2D eigenvalue weighted by atomic mass is 79.9. The molecule has 0 aromatic carbocycles. The van der Waals surface area contributed by atoms with Crippen molar-refractivity contribution in [2.45, 2.75) is 38.9 Å². The Hall–Kier alpha value is -0.980. The van der Waals surface area contributed by atoms with Gasteiger partial charge in [-0.1, -0.05) is 6.92 Å². The molecule has 2 rings (SSSR count). The van der Waals surface area contributed by atoms with Crippen molar-refractivity contribution in [3.05, 3.63) is 22.4 Å². The maximum absolute atomic E-state index is 12.8. The highest BCUT2D eigenvalue weighted by Gasteiger charge is 2.43. The Labute approximate surface area is 130 Å². The van der Waals surface area contributed by atoms with Crippen LogP contribution in [0.15, 0.2) is 16.7 Å². The smallest absolute Gasteiger partial charge is 0.342 e. The Balaban J connectivity index is 2.16. The highest BCUT2D eigenvalue weighted by Crippen LogP contribution is 2.33. The molecule has 118 valence electrons. The number of hydrogen-bond donors (Lipinski definition) is 0. The van der Waals surface area contributed by atoms with Gasteiger partial charge in [0.1, 0.15) is 5.69 Å². The van der Waals surface area contributed by atoms with Crippen LogP contribution < -0.4 is 0 Å². The fraction of sp³-hybridized carbons (Fsp3) is 0.643. The van der Waals surface area contributed by atoms with Crippen molar-refractivity contribution < 1.29 is 18.0 Å². The number of nitrogens with zero attached hydrogens (tertiary/aromatic N) is 2. The third kappa shape index (κ3) is 3.81. The van der Waals surface area contributed by atoms with Gasteiger partial charge >= 0.3 is 6.18 Å². The molecule has 1 saturated heterocycles. The summed E-state index contributed by atoms with van der Waals surface area (Å²) in [6, 6.07) is 1.68. The number of carbonyl (C=O) groups excluding carboxylic acids is 1. The number of rotatable bonds is 3.